The van der Waals surface area contributed by atoms with Gasteiger partial charge >= 0.3 is 0 Å². The van der Waals surface area contributed by atoms with Crippen LogP contribution in [0.3, 0.4) is 0 Å². The van der Waals surface area contributed by atoms with Crippen LogP contribution in [0.15, 0.2) is 0 Å². The van der Waals surface area contributed by atoms with E-state index in [9.17, 15) is 4.79 Å². The third-order valence-electron chi connectivity index (χ3n) is 1.81. The van der Waals surface area contributed by atoms with E-state index in [0.29, 0.717) is 13.2 Å². The number of hydrogen-bond donors (Lipinski definition) is 2. The molecule has 0 aromatic rings. The van der Waals surface area contributed by atoms with E-state index in [2.05, 4.69) is 16.6 Å². The standard InChI is InChI=1S/C9H14N2O2/c1-2-4-10-6-9(12)11-8-3-5-13-7-8/h1,8,10H,3-7H2,(H,11,12). The van der Waals surface area contributed by atoms with E-state index in [0.717, 1.165) is 13.0 Å². The molecular formula is C9H14N2O2. The molecule has 1 aliphatic rings. The van der Waals surface area contributed by atoms with Gasteiger partial charge in [-0.15, -0.1) is 6.42 Å². The molecule has 1 rings (SSSR count). The Labute approximate surface area is 78.0 Å². The van der Waals surface area contributed by atoms with E-state index in [-0.39, 0.29) is 18.5 Å². The lowest BCUT2D eigenvalue weighted by molar-refractivity contribution is -0.120. The highest BCUT2D eigenvalue weighted by molar-refractivity contribution is 5.78. The lowest BCUT2D eigenvalue weighted by Crippen LogP contribution is -2.40. The number of rotatable bonds is 4. The molecule has 1 amide bonds. The second-order valence-electron chi connectivity index (χ2n) is 2.94. The lowest BCUT2D eigenvalue weighted by atomic mass is 10.2. The summed E-state index contributed by atoms with van der Waals surface area (Å²) in [7, 11) is 0. The van der Waals surface area contributed by atoms with Crippen molar-refractivity contribution in [2.45, 2.75) is 12.5 Å². The minimum atomic E-state index is -0.0225. The molecule has 4 heteroatoms. The Bertz CT molecular complexity index is 204. The number of amides is 1. The van der Waals surface area contributed by atoms with Gasteiger partial charge in [-0.2, -0.15) is 0 Å². The van der Waals surface area contributed by atoms with Crippen LogP contribution in [0.4, 0.5) is 0 Å². The van der Waals surface area contributed by atoms with Gasteiger partial charge in [0, 0.05) is 6.61 Å². The van der Waals surface area contributed by atoms with Gasteiger partial charge in [-0.25, -0.2) is 0 Å². The van der Waals surface area contributed by atoms with E-state index < -0.39 is 0 Å². The van der Waals surface area contributed by atoms with Crippen molar-refractivity contribution in [1.82, 2.24) is 10.6 Å². The maximum atomic E-state index is 11.2. The zero-order valence-electron chi connectivity index (χ0n) is 7.51. The van der Waals surface area contributed by atoms with Gasteiger partial charge in [0.25, 0.3) is 0 Å². The molecule has 0 saturated carbocycles. The predicted molar refractivity (Wildman–Crippen MR) is 49.1 cm³/mol. The van der Waals surface area contributed by atoms with Crippen molar-refractivity contribution in [3.63, 3.8) is 0 Å². The summed E-state index contributed by atoms with van der Waals surface area (Å²) in [6, 6.07) is 0.181. The van der Waals surface area contributed by atoms with Gasteiger partial charge in [0.2, 0.25) is 5.91 Å². The zero-order chi connectivity index (χ0) is 9.52. The van der Waals surface area contributed by atoms with Crippen LogP contribution in [-0.2, 0) is 9.53 Å². The SMILES string of the molecule is C#CCNCC(=O)NC1CCOC1. The summed E-state index contributed by atoms with van der Waals surface area (Å²) in [4.78, 5) is 11.2. The third kappa shape index (κ3) is 3.92. The number of carbonyl (C=O) groups is 1. The second kappa shape index (κ2) is 5.57. The van der Waals surface area contributed by atoms with E-state index in [1.165, 1.54) is 0 Å². The molecule has 1 fully saturated rings. The van der Waals surface area contributed by atoms with Crippen molar-refractivity contribution in [2.75, 3.05) is 26.3 Å². The Morgan fingerprint density at radius 3 is 3.15 bits per heavy atom. The number of carbonyl (C=O) groups excluding carboxylic acids is 1. The second-order valence-corrected chi connectivity index (χ2v) is 2.94. The molecule has 1 aliphatic heterocycles. The Balaban J connectivity index is 2.07. The van der Waals surface area contributed by atoms with Crippen molar-refractivity contribution in [2.24, 2.45) is 0 Å². The molecule has 72 valence electrons. The van der Waals surface area contributed by atoms with Crippen LogP contribution in [0.2, 0.25) is 0 Å². The Hall–Kier alpha value is -1.05. The quantitative estimate of drug-likeness (QED) is 0.438. The Morgan fingerprint density at radius 2 is 2.54 bits per heavy atom. The summed E-state index contributed by atoms with van der Waals surface area (Å²) in [5.41, 5.74) is 0. The lowest BCUT2D eigenvalue weighted by Gasteiger charge is -2.09. The molecule has 1 saturated heterocycles. The Kier molecular flexibility index (Phi) is 4.30. The molecule has 0 aromatic carbocycles. The van der Waals surface area contributed by atoms with Crippen molar-refractivity contribution in [1.29, 1.82) is 0 Å². The largest absolute Gasteiger partial charge is 0.379 e. The first-order valence-electron chi connectivity index (χ1n) is 4.34. The first-order chi connectivity index (χ1) is 6.33. The molecule has 0 bridgehead atoms. The van der Waals surface area contributed by atoms with E-state index >= 15 is 0 Å². The van der Waals surface area contributed by atoms with E-state index in [1.54, 1.807) is 0 Å². The summed E-state index contributed by atoms with van der Waals surface area (Å²) in [5.74, 6) is 2.38. The van der Waals surface area contributed by atoms with Crippen LogP contribution in [-0.4, -0.2) is 38.3 Å². The number of ether oxygens (including phenoxy) is 1. The van der Waals surface area contributed by atoms with Crippen LogP contribution in [0, 0.1) is 12.3 Å². The summed E-state index contributed by atoms with van der Waals surface area (Å²) in [5, 5.41) is 5.66. The summed E-state index contributed by atoms with van der Waals surface area (Å²) < 4.78 is 5.12. The minimum absolute atomic E-state index is 0.0225. The van der Waals surface area contributed by atoms with Gasteiger partial charge in [0.15, 0.2) is 0 Å². The fraction of sp³-hybridized carbons (Fsp3) is 0.667. The maximum Gasteiger partial charge on any atom is 0.234 e. The molecule has 4 nitrogen and oxygen atoms in total. The zero-order valence-corrected chi connectivity index (χ0v) is 7.51. The third-order valence-corrected chi connectivity index (χ3v) is 1.81. The molecule has 13 heavy (non-hydrogen) atoms. The fourth-order valence-corrected chi connectivity index (χ4v) is 1.18. The molecule has 1 heterocycles. The first kappa shape index (κ1) is 10.0. The van der Waals surface area contributed by atoms with Gasteiger partial charge in [0.05, 0.1) is 25.7 Å². The highest BCUT2D eigenvalue weighted by Gasteiger charge is 2.16. The van der Waals surface area contributed by atoms with Crippen molar-refractivity contribution in [3.8, 4) is 12.3 Å². The number of terminal acetylenes is 1. The van der Waals surface area contributed by atoms with Gasteiger partial charge < -0.3 is 10.1 Å². The van der Waals surface area contributed by atoms with Crippen LogP contribution in [0.25, 0.3) is 0 Å². The monoisotopic (exact) mass is 182 g/mol. The van der Waals surface area contributed by atoms with Crippen LogP contribution in [0.1, 0.15) is 6.42 Å². The topological polar surface area (TPSA) is 50.4 Å². The van der Waals surface area contributed by atoms with Crippen LogP contribution in [0.5, 0.6) is 0 Å². The first-order valence-corrected chi connectivity index (χ1v) is 4.34. The van der Waals surface area contributed by atoms with Gasteiger partial charge in [-0.05, 0) is 6.42 Å². The molecule has 1 atom stereocenters. The molecule has 0 aliphatic carbocycles. The number of hydrogen-bond acceptors (Lipinski definition) is 3. The molecule has 2 N–H and O–H groups in total. The van der Waals surface area contributed by atoms with Gasteiger partial charge in [0.1, 0.15) is 0 Å². The van der Waals surface area contributed by atoms with Crippen LogP contribution < -0.4 is 10.6 Å². The van der Waals surface area contributed by atoms with E-state index in [4.69, 9.17) is 11.2 Å². The van der Waals surface area contributed by atoms with E-state index in [1.807, 2.05) is 0 Å². The normalized spacial score (nSPS) is 21.0. The average molecular weight is 182 g/mol. The van der Waals surface area contributed by atoms with Crippen LogP contribution >= 0.6 is 0 Å². The van der Waals surface area contributed by atoms with Gasteiger partial charge in [-0.3, -0.25) is 10.1 Å². The average Bonchev–Trinajstić information content (AvgIpc) is 2.57. The highest BCUT2D eigenvalue weighted by Crippen LogP contribution is 2.02. The van der Waals surface area contributed by atoms with Crippen molar-refractivity contribution in [3.05, 3.63) is 0 Å². The number of nitrogens with one attached hydrogen (secondary N) is 2. The fourth-order valence-electron chi connectivity index (χ4n) is 1.18. The highest BCUT2D eigenvalue weighted by atomic mass is 16.5. The summed E-state index contributed by atoms with van der Waals surface area (Å²) in [6.07, 6.45) is 5.92. The predicted octanol–water partition coefficient (Wildman–Crippen LogP) is -0.886. The molecule has 0 spiro atoms. The van der Waals surface area contributed by atoms with Gasteiger partial charge in [-0.1, -0.05) is 5.92 Å². The molecule has 1 unspecified atom stereocenters. The molecule has 0 aromatic heterocycles. The molecular weight excluding hydrogens is 168 g/mol. The Morgan fingerprint density at radius 1 is 1.69 bits per heavy atom. The minimum Gasteiger partial charge on any atom is -0.379 e. The summed E-state index contributed by atoms with van der Waals surface area (Å²) in [6.45, 7) is 2.07. The summed E-state index contributed by atoms with van der Waals surface area (Å²) >= 11 is 0. The van der Waals surface area contributed by atoms with Crippen molar-refractivity contribution < 1.29 is 9.53 Å². The smallest absolute Gasteiger partial charge is 0.234 e. The maximum absolute atomic E-state index is 11.2. The molecule has 0 radical (unpaired) electrons. The van der Waals surface area contributed by atoms with Crippen molar-refractivity contribution >= 4 is 5.91 Å².